The van der Waals surface area contributed by atoms with E-state index in [1.807, 2.05) is 45.9 Å². The molecule has 0 heterocycles. The number of nitrogens with zero attached hydrogens (tertiary/aromatic N) is 1. The van der Waals surface area contributed by atoms with Crippen LogP contribution in [-0.2, 0) is 16.1 Å². The van der Waals surface area contributed by atoms with E-state index in [0.717, 1.165) is 24.0 Å². The summed E-state index contributed by atoms with van der Waals surface area (Å²) in [5, 5.41) is 2.97. The molecule has 0 radical (unpaired) electrons. The molecule has 0 aromatic heterocycles. The third kappa shape index (κ3) is 6.05. The first-order valence-electron chi connectivity index (χ1n) is 8.54. The summed E-state index contributed by atoms with van der Waals surface area (Å²) in [6.07, 6.45) is 2.12. The van der Waals surface area contributed by atoms with Gasteiger partial charge in [0.15, 0.2) is 0 Å². The molecule has 0 aliphatic rings. The van der Waals surface area contributed by atoms with Crippen LogP contribution in [0.25, 0.3) is 0 Å². The molecule has 128 valence electrons. The van der Waals surface area contributed by atoms with Crippen molar-refractivity contribution in [1.82, 2.24) is 10.2 Å². The predicted molar refractivity (Wildman–Crippen MR) is 94.0 cm³/mol. The molecule has 2 atom stereocenters. The molecule has 0 saturated carbocycles. The van der Waals surface area contributed by atoms with Gasteiger partial charge < -0.3 is 10.2 Å². The van der Waals surface area contributed by atoms with Crippen LogP contribution in [0.5, 0.6) is 0 Å². The molecule has 0 saturated heterocycles. The van der Waals surface area contributed by atoms with Crippen molar-refractivity contribution in [2.45, 2.75) is 72.5 Å². The Bertz CT molecular complexity index is 528. The van der Waals surface area contributed by atoms with Gasteiger partial charge in [-0.1, -0.05) is 43.7 Å². The minimum absolute atomic E-state index is 0.0285. The number of hydrogen-bond acceptors (Lipinski definition) is 2. The van der Waals surface area contributed by atoms with Crippen molar-refractivity contribution in [3.63, 3.8) is 0 Å². The number of carbonyl (C=O) groups is 2. The minimum Gasteiger partial charge on any atom is -0.352 e. The van der Waals surface area contributed by atoms with Gasteiger partial charge in [-0.05, 0) is 39.2 Å². The number of amides is 2. The lowest BCUT2D eigenvalue weighted by Crippen LogP contribution is -2.49. The lowest BCUT2D eigenvalue weighted by molar-refractivity contribution is -0.140. The SMILES string of the molecule is CCCC(=O)N(Cc1cccc(C)c1)[C@@H](C)C(=O)N[C@@H](C)CC. The highest BCUT2D eigenvalue weighted by Crippen LogP contribution is 2.13. The molecule has 0 fully saturated rings. The molecule has 0 unspecified atom stereocenters. The normalized spacial score (nSPS) is 13.3. The largest absolute Gasteiger partial charge is 0.352 e. The van der Waals surface area contributed by atoms with Gasteiger partial charge in [0.1, 0.15) is 6.04 Å². The minimum atomic E-state index is -0.469. The molecule has 23 heavy (non-hydrogen) atoms. The van der Waals surface area contributed by atoms with Gasteiger partial charge in [0, 0.05) is 19.0 Å². The Morgan fingerprint density at radius 2 is 1.91 bits per heavy atom. The Kier molecular flexibility index (Phi) is 7.79. The average molecular weight is 318 g/mol. The summed E-state index contributed by atoms with van der Waals surface area (Å²) >= 11 is 0. The van der Waals surface area contributed by atoms with Crippen molar-refractivity contribution in [2.75, 3.05) is 0 Å². The number of nitrogens with one attached hydrogen (secondary N) is 1. The van der Waals surface area contributed by atoms with Gasteiger partial charge in [0.05, 0.1) is 0 Å². The number of aryl methyl sites for hydroxylation is 1. The lowest BCUT2D eigenvalue weighted by atomic mass is 10.1. The third-order valence-corrected chi connectivity index (χ3v) is 4.07. The van der Waals surface area contributed by atoms with E-state index in [2.05, 4.69) is 11.4 Å². The zero-order chi connectivity index (χ0) is 17.4. The molecule has 0 aliphatic carbocycles. The van der Waals surface area contributed by atoms with Crippen molar-refractivity contribution >= 4 is 11.8 Å². The van der Waals surface area contributed by atoms with E-state index in [1.165, 1.54) is 0 Å². The van der Waals surface area contributed by atoms with E-state index in [4.69, 9.17) is 0 Å². The first kappa shape index (κ1) is 19.2. The van der Waals surface area contributed by atoms with Crippen LogP contribution >= 0.6 is 0 Å². The zero-order valence-corrected chi connectivity index (χ0v) is 15.1. The summed E-state index contributed by atoms with van der Waals surface area (Å²) in [4.78, 5) is 26.6. The van der Waals surface area contributed by atoms with Crippen LogP contribution in [0.2, 0.25) is 0 Å². The maximum Gasteiger partial charge on any atom is 0.242 e. The third-order valence-electron chi connectivity index (χ3n) is 4.07. The van der Waals surface area contributed by atoms with Crippen molar-refractivity contribution in [2.24, 2.45) is 0 Å². The van der Waals surface area contributed by atoms with Gasteiger partial charge in [0.25, 0.3) is 0 Å². The molecular weight excluding hydrogens is 288 g/mol. The summed E-state index contributed by atoms with van der Waals surface area (Å²) in [6.45, 7) is 10.3. The maximum atomic E-state index is 12.5. The second-order valence-electron chi connectivity index (χ2n) is 6.25. The van der Waals surface area contributed by atoms with E-state index in [-0.39, 0.29) is 17.9 Å². The standard InChI is InChI=1S/C19H30N2O2/c1-6-9-18(22)21(13-17-11-8-10-14(3)12-17)16(5)19(23)20-15(4)7-2/h8,10-12,15-16H,6-7,9,13H2,1-5H3,(H,20,23)/t15-,16-/m0/s1. The fourth-order valence-corrected chi connectivity index (χ4v) is 2.41. The second kappa shape index (κ2) is 9.33. The number of rotatable bonds is 8. The molecule has 1 aromatic carbocycles. The smallest absolute Gasteiger partial charge is 0.242 e. The van der Waals surface area contributed by atoms with E-state index in [9.17, 15) is 9.59 Å². The van der Waals surface area contributed by atoms with E-state index in [1.54, 1.807) is 11.8 Å². The van der Waals surface area contributed by atoms with Crippen molar-refractivity contribution in [1.29, 1.82) is 0 Å². The van der Waals surface area contributed by atoms with Gasteiger partial charge in [-0.25, -0.2) is 0 Å². The van der Waals surface area contributed by atoms with Gasteiger partial charge in [0.2, 0.25) is 11.8 Å². The Labute approximate surface area is 140 Å². The van der Waals surface area contributed by atoms with Crippen LogP contribution in [-0.4, -0.2) is 28.8 Å². The molecule has 0 spiro atoms. The fraction of sp³-hybridized carbons (Fsp3) is 0.579. The van der Waals surface area contributed by atoms with E-state index < -0.39 is 6.04 Å². The molecule has 0 aliphatic heterocycles. The zero-order valence-electron chi connectivity index (χ0n) is 15.1. The van der Waals surface area contributed by atoms with Crippen molar-refractivity contribution in [3.8, 4) is 0 Å². The Morgan fingerprint density at radius 1 is 1.22 bits per heavy atom. The van der Waals surface area contributed by atoms with E-state index >= 15 is 0 Å². The van der Waals surface area contributed by atoms with Crippen LogP contribution in [0.15, 0.2) is 24.3 Å². The van der Waals surface area contributed by atoms with Gasteiger partial charge in [-0.15, -0.1) is 0 Å². The Hall–Kier alpha value is -1.84. The van der Waals surface area contributed by atoms with Crippen LogP contribution in [0.4, 0.5) is 0 Å². The highest BCUT2D eigenvalue weighted by atomic mass is 16.2. The highest BCUT2D eigenvalue weighted by molar-refractivity contribution is 5.87. The summed E-state index contributed by atoms with van der Waals surface area (Å²) in [5.74, 6) is -0.0581. The molecule has 2 amide bonds. The summed E-state index contributed by atoms with van der Waals surface area (Å²) in [5.41, 5.74) is 2.21. The number of carbonyl (C=O) groups excluding carboxylic acids is 2. The Morgan fingerprint density at radius 3 is 2.48 bits per heavy atom. The van der Waals surface area contributed by atoms with Crippen molar-refractivity contribution < 1.29 is 9.59 Å². The first-order chi connectivity index (χ1) is 10.9. The number of benzene rings is 1. The topological polar surface area (TPSA) is 49.4 Å². The second-order valence-corrected chi connectivity index (χ2v) is 6.25. The predicted octanol–water partition coefficient (Wildman–Crippen LogP) is 3.43. The van der Waals surface area contributed by atoms with E-state index in [0.29, 0.717) is 13.0 Å². The van der Waals surface area contributed by atoms with Gasteiger partial charge >= 0.3 is 0 Å². The summed E-state index contributed by atoms with van der Waals surface area (Å²) in [7, 11) is 0. The quantitative estimate of drug-likeness (QED) is 0.798. The van der Waals surface area contributed by atoms with Crippen LogP contribution < -0.4 is 5.32 Å². The monoisotopic (exact) mass is 318 g/mol. The molecule has 1 aromatic rings. The molecular formula is C19H30N2O2. The lowest BCUT2D eigenvalue weighted by Gasteiger charge is -2.29. The van der Waals surface area contributed by atoms with Crippen LogP contribution in [0, 0.1) is 6.92 Å². The fourth-order valence-electron chi connectivity index (χ4n) is 2.41. The Balaban J connectivity index is 2.91. The molecule has 1 rings (SSSR count). The molecule has 4 nitrogen and oxygen atoms in total. The molecule has 0 bridgehead atoms. The van der Waals surface area contributed by atoms with Crippen LogP contribution in [0.1, 0.15) is 58.1 Å². The average Bonchev–Trinajstić information content (AvgIpc) is 2.52. The highest BCUT2D eigenvalue weighted by Gasteiger charge is 2.26. The van der Waals surface area contributed by atoms with Gasteiger partial charge in [-0.3, -0.25) is 9.59 Å². The van der Waals surface area contributed by atoms with Crippen molar-refractivity contribution in [3.05, 3.63) is 35.4 Å². The van der Waals surface area contributed by atoms with Gasteiger partial charge in [-0.2, -0.15) is 0 Å². The molecule has 1 N–H and O–H groups in total. The summed E-state index contributed by atoms with van der Waals surface area (Å²) in [6, 6.07) is 7.72. The van der Waals surface area contributed by atoms with Crippen LogP contribution in [0.3, 0.4) is 0 Å². The number of hydrogen-bond donors (Lipinski definition) is 1. The first-order valence-corrected chi connectivity index (χ1v) is 8.54. The summed E-state index contributed by atoms with van der Waals surface area (Å²) < 4.78 is 0. The molecule has 4 heteroatoms. The maximum absolute atomic E-state index is 12.5.